The van der Waals surface area contributed by atoms with Gasteiger partial charge in [0.2, 0.25) is 17.8 Å². The molecule has 0 aromatic carbocycles. The molecule has 0 saturated heterocycles. The lowest BCUT2D eigenvalue weighted by Crippen LogP contribution is -2.05. The van der Waals surface area contributed by atoms with Crippen molar-refractivity contribution in [2.45, 2.75) is 0 Å². The zero-order valence-corrected chi connectivity index (χ0v) is 7.40. The Kier molecular flexibility index (Phi) is 5.27. The van der Waals surface area contributed by atoms with E-state index in [-0.39, 0.29) is 41.0 Å². The molecule has 1 heterocycles. The molecule has 0 aliphatic carbocycles. The molecule has 7 nitrogen and oxygen atoms in total. The van der Waals surface area contributed by atoms with Gasteiger partial charge in [-0.25, -0.2) is 0 Å². The van der Waals surface area contributed by atoms with E-state index in [1.54, 1.807) is 0 Å². The van der Waals surface area contributed by atoms with Crippen molar-refractivity contribution < 1.29 is 0 Å². The van der Waals surface area contributed by atoms with E-state index >= 15 is 0 Å². The molecule has 64 valence electrons. The third-order valence-corrected chi connectivity index (χ3v) is 0.687. The normalized spacial score (nSPS) is 7.64. The number of halogens is 1. The van der Waals surface area contributed by atoms with Crippen molar-refractivity contribution in [3.63, 3.8) is 0 Å². The van der Waals surface area contributed by atoms with Gasteiger partial charge in [0, 0.05) is 0 Å². The molecular weight excluding hydrogens is 214 g/mol. The number of rotatable bonds is 0. The molecule has 8 heteroatoms. The van der Waals surface area contributed by atoms with Gasteiger partial charge in [-0.2, -0.15) is 15.0 Å². The monoisotopic (exact) mass is 223 g/mol. The summed E-state index contributed by atoms with van der Waals surface area (Å²) in [4.78, 5) is 10.5. The van der Waals surface area contributed by atoms with Gasteiger partial charge in [-0.15, -0.1) is 17.0 Å². The Bertz CT molecular complexity index is 174. The first kappa shape index (κ1) is 12.5. The minimum absolute atomic E-state index is 0. The lowest BCUT2D eigenvalue weighted by Gasteiger charge is -1.93. The smallest absolute Gasteiger partial charge is 0.226 e. The zero-order valence-electron chi connectivity index (χ0n) is 5.69. The lowest BCUT2D eigenvalue weighted by atomic mass is 10.9. The molecule has 9 N–H and O–H groups in total. The molecule has 0 radical (unpaired) electrons. The Labute approximate surface area is 73.8 Å². The molecule has 0 aliphatic heterocycles. The summed E-state index contributed by atoms with van der Waals surface area (Å²) in [6, 6.07) is 0. The van der Waals surface area contributed by atoms with Crippen molar-refractivity contribution in [3.05, 3.63) is 0 Å². The fourth-order valence-electron chi connectivity index (χ4n) is 0.427. The number of nitrogens with zero attached hydrogens (tertiary/aromatic N) is 3. The van der Waals surface area contributed by atoms with Crippen molar-refractivity contribution in [2.24, 2.45) is 0 Å². The van der Waals surface area contributed by atoms with E-state index in [9.17, 15) is 0 Å². The van der Waals surface area contributed by atoms with Crippen LogP contribution in [0, 0.1) is 0 Å². The molecule has 0 amide bonds. The summed E-state index contributed by atoms with van der Waals surface area (Å²) >= 11 is 0. The summed E-state index contributed by atoms with van der Waals surface area (Å²) < 4.78 is 0. The molecular formula is C3H10BrN7. The highest BCUT2D eigenvalue weighted by Crippen LogP contribution is 1.97. The Balaban J connectivity index is 0. The van der Waals surface area contributed by atoms with E-state index in [1.165, 1.54) is 0 Å². The number of hydrogen-bond acceptors (Lipinski definition) is 7. The number of anilines is 3. The Morgan fingerprint density at radius 3 is 1.09 bits per heavy atom. The largest absolute Gasteiger partial charge is 0.368 e. The molecule has 1 rings (SSSR count). The van der Waals surface area contributed by atoms with Gasteiger partial charge in [0.1, 0.15) is 0 Å². The van der Waals surface area contributed by atoms with Crippen LogP contribution in [0.3, 0.4) is 0 Å². The molecule has 0 fully saturated rings. The van der Waals surface area contributed by atoms with Crippen molar-refractivity contribution >= 4 is 34.8 Å². The summed E-state index contributed by atoms with van der Waals surface area (Å²) in [6.45, 7) is 0. The first-order valence-corrected chi connectivity index (χ1v) is 2.21. The fraction of sp³-hybridized carbons (Fsp3) is 0. The fourth-order valence-corrected chi connectivity index (χ4v) is 0.427. The molecule has 0 aliphatic rings. The standard InChI is InChI=1S/C3H6N6.BrH.H3N/c4-1-7-2(5)9-3(6)8-1;;/h(H6,4,5,6,7,8,9);1H;1H3. The third-order valence-electron chi connectivity index (χ3n) is 0.687. The number of hydrogen-bond donors (Lipinski definition) is 4. The molecule has 11 heavy (non-hydrogen) atoms. The van der Waals surface area contributed by atoms with Crippen molar-refractivity contribution in [2.75, 3.05) is 17.2 Å². The van der Waals surface area contributed by atoms with Gasteiger partial charge in [0.25, 0.3) is 0 Å². The van der Waals surface area contributed by atoms with Gasteiger partial charge in [-0.05, 0) is 0 Å². The maximum atomic E-state index is 5.14. The minimum Gasteiger partial charge on any atom is -0.368 e. The van der Waals surface area contributed by atoms with Gasteiger partial charge in [-0.1, -0.05) is 0 Å². The van der Waals surface area contributed by atoms with E-state index in [0.717, 1.165) is 0 Å². The predicted molar refractivity (Wildman–Crippen MR) is 48.4 cm³/mol. The van der Waals surface area contributed by atoms with Crippen LogP contribution in [-0.4, -0.2) is 15.0 Å². The van der Waals surface area contributed by atoms with E-state index < -0.39 is 0 Å². The Hall–Kier alpha value is -1.15. The van der Waals surface area contributed by atoms with Gasteiger partial charge >= 0.3 is 0 Å². The Morgan fingerprint density at radius 1 is 0.727 bits per heavy atom. The average Bonchev–Trinajstić information content (AvgIpc) is 1.59. The van der Waals surface area contributed by atoms with Crippen LogP contribution in [0.25, 0.3) is 0 Å². The minimum atomic E-state index is 0. The van der Waals surface area contributed by atoms with Crippen LogP contribution < -0.4 is 23.4 Å². The highest BCUT2D eigenvalue weighted by molar-refractivity contribution is 8.93. The van der Waals surface area contributed by atoms with E-state index in [2.05, 4.69) is 15.0 Å². The van der Waals surface area contributed by atoms with Crippen LogP contribution in [0.2, 0.25) is 0 Å². The summed E-state index contributed by atoms with van der Waals surface area (Å²) in [5.74, 6) is 0.125. The molecule has 1 aromatic rings. The first-order valence-electron chi connectivity index (χ1n) is 2.21. The van der Waals surface area contributed by atoms with Crippen LogP contribution in [-0.2, 0) is 0 Å². The highest BCUT2D eigenvalue weighted by atomic mass is 79.9. The van der Waals surface area contributed by atoms with Crippen LogP contribution in [0.1, 0.15) is 0 Å². The molecule has 0 spiro atoms. The van der Waals surface area contributed by atoms with Crippen molar-refractivity contribution in [3.8, 4) is 0 Å². The topological polar surface area (TPSA) is 152 Å². The molecule has 0 saturated carbocycles. The SMILES string of the molecule is Br.N.Nc1nc(N)nc(N)n1. The van der Waals surface area contributed by atoms with Crippen molar-refractivity contribution in [1.82, 2.24) is 21.1 Å². The predicted octanol–water partition coefficient (Wildman–Crippen LogP) is -0.642. The van der Waals surface area contributed by atoms with Gasteiger partial charge in [-0.3, -0.25) is 0 Å². The summed E-state index contributed by atoms with van der Waals surface area (Å²) in [7, 11) is 0. The van der Waals surface area contributed by atoms with Gasteiger partial charge < -0.3 is 23.4 Å². The van der Waals surface area contributed by atoms with Gasteiger partial charge in [0.05, 0.1) is 0 Å². The lowest BCUT2D eigenvalue weighted by molar-refractivity contribution is 1.09. The van der Waals surface area contributed by atoms with Gasteiger partial charge in [0.15, 0.2) is 0 Å². The summed E-state index contributed by atoms with van der Waals surface area (Å²) in [5, 5.41) is 0. The van der Waals surface area contributed by atoms with Crippen LogP contribution in [0.4, 0.5) is 17.8 Å². The molecule has 0 atom stereocenters. The van der Waals surface area contributed by atoms with E-state index in [1.807, 2.05) is 0 Å². The van der Waals surface area contributed by atoms with E-state index in [4.69, 9.17) is 17.2 Å². The second-order valence-corrected chi connectivity index (χ2v) is 1.41. The third kappa shape index (κ3) is 3.53. The summed E-state index contributed by atoms with van der Waals surface area (Å²) in [6.07, 6.45) is 0. The Morgan fingerprint density at radius 2 is 0.909 bits per heavy atom. The van der Waals surface area contributed by atoms with E-state index in [0.29, 0.717) is 0 Å². The van der Waals surface area contributed by atoms with Crippen molar-refractivity contribution in [1.29, 1.82) is 0 Å². The summed E-state index contributed by atoms with van der Waals surface area (Å²) in [5.41, 5.74) is 15.4. The van der Waals surface area contributed by atoms with Crippen LogP contribution in [0.5, 0.6) is 0 Å². The number of nitrogens with two attached hydrogens (primary N) is 3. The van der Waals surface area contributed by atoms with Crippen LogP contribution >= 0.6 is 17.0 Å². The second-order valence-electron chi connectivity index (χ2n) is 1.41. The number of aromatic nitrogens is 3. The number of nitrogen functional groups attached to an aromatic ring is 3. The quantitative estimate of drug-likeness (QED) is 0.457. The first-order chi connectivity index (χ1) is 4.18. The molecule has 0 unspecified atom stereocenters. The second kappa shape index (κ2) is 4.63. The molecule has 0 bridgehead atoms. The highest BCUT2D eigenvalue weighted by Gasteiger charge is 1.93. The molecule has 1 aromatic heterocycles. The maximum absolute atomic E-state index is 5.14. The average molecular weight is 224 g/mol. The maximum Gasteiger partial charge on any atom is 0.226 e. The zero-order chi connectivity index (χ0) is 6.85. The van der Waals surface area contributed by atoms with Crippen LogP contribution in [0.15, 0.2) is 0 Å².